The summed E-state index contributed by atoms with van der Waals surface area (Å²) >= 11 is 0. The van der Waals surface area contributed by atoms with Gasteiger partial charge in [0.05, 0.1) is 25.1 Å². The Hall–Kier alpha value is -4.05. The van der Waals surface area contributed by atoms with Gasteiger partial charge < -0.3 is 19.8 Å². The molecule has 4 rings (SSSR count). The van der Waals surface area contributed by atoms with Crippen LogP contribution >= 0.6 is 0 Å². The van der Waals surface area contributed by atoms with Crippen LogP contribution in [0.4, 0.5) is 4.39 Å². The van der Waals surface area contributed by atoms with Crippen molar-refractivity contribution in [2.24, 2.45) is 5.73 Å². The summed E-state index contributed by atoms with van der Waals surface area (Å²) in [5.74, 6) is -0.757. The fourth-order valence-electron chi connectivity index (χ4n) is 3.91. The number of para-hydroxylation sites is 1. The minimum atomic E-state index is -0.966. The largest absolute Gasteiger partial charge is 0.496 e. The average Bonchev–Trinajstić information content (AvgIpc) is 2.76. The van der Waals surface area contributed by atoms with E-state index in [-0.39, 0.29) is 40.4 Å². The molecule has 0 aliphatic carbocycles. The Balaban J connectivity index is 1.95. The van der Waals surface area contributed by atoms with Gasteiger partial charge in [-0.15, -0.1) is 0 Å². The maximum absolute atomic E-state index is 14.7. The maximum atomic E-state index is 14.7. The lowest BCUT2D eigenvalue weighted by atomic mass is 9.83. The maximum Gasteiger partial charge on any atom is 0.259 e. The van der Waals surface area contributed by atoms with Crippen molar-refractivity contribution in [1.82, 2.24) is 4.57 Å². The zero-order valence-corrected chi connectivity index (χ0v) is 17.1. The first kappa shape index (κ1) is 20.2. The number of benzene rings is 2. The molecule has 2 aromatic carbocycles. The van der Waals surface area contributed by atoms with Crippen molar-refractivity contribution in [3.63, 3.8) is 0 Å². The Bertz CT molecular complexity index is 1300. The highest BCUT2D eigenvalue weighted by atomic mass is 19.1. The predicted octanol–water partition coefficient (Wildman–Crippen LogP) is 3.57. The van der Waals surface area contributed by atoms with Gasteiger partial charge in [0.15, 0.2) is 0 Å². The lowest BCUT2D eigenvalue weighted by Crippen LogP contribution is -2.33. The molecular formula is C24H20FN3O3. The summed E-state index contributed by atoms with van der Waals surface area (Å²) in [6, 6.07) is 17.1. The molecule has 6 nitrogen and oxygen atoms in total. The van der Waals surface area contributed by atoms with Crippen LogP contribution in [-0.2, 0) is 6.54 Å². The van der Waals surface area contributed by atoms with E-state index < -0.39 is 11.7 Å². The van der Waals surface area contributed by atoms with E-state index in [4.69, 9.17) is 15.2 Å². The first-order valence-corrected chi connectivity index (χ1v) is 9.64. The lowest BCUT2D eigenvalue weighted by Gasteiger charge is -2.27. The van der Waals surface area contributed by atoms with E-state index in [1.165, 1.54) is 6.07 Å². The molecule has 2 N–H and O–H groups in total. The molecular weight excluding hydrogens is 397 g/mol. The number of nitriles is 1. The molecule has 0 saturated carbocycles. The summed E-state index contributed by atoms with van der Waals surface area (Å²) in [5.41, 5.74) is 7.40. The van der Waals surface area contributed by atoms with Crippen LogP contribution in [0.5, 0.6) is 11.5 Å². The smallest absolute Gasteiger partial charge is 0.259 e. The van der Waals surface area contributed by atoms with Crippen LogP contribution in [0.25, 0.3) is 0 Å². The molecule has 0 amide bonds. The number of hydrogen-bond acceptors (Lipinski definition) is 5. The monoisotopic (exact) mass is 417 g/mol. The van der Waals surface area contributed by atoms with Crippen molar-refractivity contribution < 1.29 is 13.9 Å². The Labute approximate surface area is 178 Å². The van der Waals surface area contributed by atoms with Gasteiger partial charge in [0.2, 0.25) is 5.88 Å². The van der Waals surface area contributed by atoms with Crippen molar-refractivity contribution in [2.75, 3.05) is 7.11 Å². The molecule has 1 aliphatic rings. The molecule has 1 aliphatic heterocycles. The summed E-state index contributed by atoms with van der Waals surface area (Å²) in [4.78, 5) is 13.6. The molecule has 0 bridgehead atoms. The molecule has 2 heterocycles. The van der Waals surface area contributed by atoms with Gasteiger partial charge in [0.25, 0.3) is 5.56 Å². The van der Waals surface area contributed by atoms with E-state index in [9.17, 15) is 14.4 Å². The van der Waals surface area contributed by atoms with Crippen LogP contribution in [0.3, 0.4) is 0 Å². The third-order valence-corrected chi connectivity index (χ3v) is 5.43. The molecule has 0 fully saturated rings. The number of methoxy groups -OCH3 is 1. The Morgan fingerprint density at radius 3 is 2.65 bits per heavy atom. The molecule has 31 heavy (non-hydrogen) atoms. The summed E-state index contributed by atoms with van der Waals surface area (Å²) in [7, 11) is 1.57. The summed E-state index contributed by atoms with van der Waals surface area (Å²) in [6.07, 6.45) is 0. The number of rotatable bonds is 4. The predicted molar refractivity (Wildman–Crippen MR) is 113 cm³/mol. The van der Waals surface area contributed by atoms with Gasteiger partial charge in [0.1, 0.15) is 29.0 Å². The van der Waals surface area contributed by atoms with Crippen LogP contribution in [0, 0.1) is 24.1 Å². The van der Waals surface area contributed by atoms with E-state index in [0.29, 0.717) is 11.4 Å². The van der Waals surface area contributed by atoms with Crippen molar-refractivity contribution in [3.8, 4) is 17.6 Å². The van der Waals surface area contributed by atoms with Gasteiger partial charge in [-0.3, -0.25) is 4.79 Å². The molecule has 0 unspecified atom stereocenters. The third kappa shape index (κ3) is 3.42. The molecule has 0 radical (unpaired) electrons. The summed E-state index contributed by atoms with van der Waals surface area (Å²) in [6.45, 7) is 2.02. The van der Waals surface area contributed by atoms with Crippen molar-refractivity contribution >= 4 is 0 Å². The molecule has 0 saturated heterocycles. The number of aromatic nitrogens is 1. The number of ether oxygens (including phenoxy) is 2. The SMILES string of the molecule is COc1ccccc1Cn1c(C)cc2c(c1=O)[C@@H](c1ccccc1F)C(C#N)=C(N)O2. The first-order valence-electron chi connectivity index (χ1n) is 9.64. The topological polar surface area (TPSA) is 90.3 Å². The van der Waals surface area contributed by atoms with Gasteiger partial charge in [-0.25, -0.2) is 4.39 Å². The number of fused-ring (bicyclic) bond motifs is 1. The highest BCUT2D eigenvalue weighted by Gasteiger charge is 2.35. The molecule has 7 heteroatoms. The zero-order chi connectivity index (χ0) is 22.1. The van der Waals surface area contributed by atoms with Gasteiger partial charge in [-0.05, 0) is 19.1 Å². The number of aryl methyl sites for hydroxylation is 1. The van der Waals surface area contributed by atoms with Crippen LogP contribution in [0.15, 0.2) is 70.8 Å². The van der Waals surface area contributed by atoms with Gasteiger partial charge in [-0.2, -0.15) is 5.26 Å². The highest BCUT2D eigenvalue weighted by molar-refractivity contribution is 5.55. The standard InChI is InChI=1S/C24H20FN3O3/c1-14-11-20-22(24(29)28(14)13-15-7-3-6-10-19(15)30-2)21(17(12-26)23(27)31-20)16-8-4-5-9-18(16)25/h3-11,21H,13,27H2,1-2H3/t21-/m0/s1. The van der Waals surface area contributed by atoms with Crippen molar-refractivity contribution in [2.45, 2.75) is 19.4 Å². The van der Waals surface area contributed by atoms with Crippen molar-refractivity contribution in [3.05, 3.63) is 105 Å². The van der Waals surface area contributed by atoms with Crippen LogP contribution < -0.4 is 20.8 Å². The first-order chi connectivity index (χ1) is 15.0. The quantitative estimate of drug-likeness (QED) is 0.701. The molecule has 156 valence electrons. The van der Waals surface area contributed by atoms with E-state index in [1.807, 2.05) is 30.3 Å². The summed E-state index contributed by atoms with van der Waals surface area (Å²) in [5, 5.41) is 9.71. The lowest BCUT2D eigenvalue weighted by molar-refractivity contribution is 0.387. The molecule has 3 aromatic rings. The van der Waals surface area contributed by atoms with E-state index >= 15 is 0 Å². The molecule has 0 spiro atoms. The minimum absolute atomic E-state index is 0.00222. The van der Waals surface area contributed by atoms with E-state index in [0.717, 1.165) is 5.56 Å². The second-order valence-electron chi connectivity index (χ2n) is 7.21. The fourth-order valence-corrected chi connectivity index (χ4v) is 3.91. The van der Waals surface area contributed by atoms with Gasteiger partial charge in [-0.1, -0.05) is 36.4 Å². The van der Waals surface area contributed by atoms with Crippen molar-refractivity contribution in [1.29, 1.82) is 5.26 Å². The average molecular weight is 417 g/mol. The Morgan fingerprint density at radius 1 is 1.23 bits per heavy atom. The second kappa shape index (κ2) is 8.00. The number of hydrogen-bond donors (Lipinski definition) is 1. The fraction of sp³-hybridized carbons (Fsp3) is 0.167. The zero-order valence-electron chi connectivity index (χ0n) is 17.1. The number of pyridine rings is 1. The highest BCUT2D eigenvalue weighted by Crippen LogP contribution is 2.41. The molecule has 1 atom stereocenters. The van der Waals surface area contributed by atoms with Gasteiger partial charge in [0, 0.05) is 22.9 Å². The van der Waals surface area contributed by atoms with Gasteiger partial charge >= 0.3 is 0 Å². The summed E-state index contributed by atoms with van der Waals surface area (Å²) < 4.78 is 27.3. The molecule has 1 aromatic heterocycles. The minimum Gasteiger partial charge on any atom is -0.496 e. The van der Waals surface area contributed by atoms with Crippen LogP contribution in [-0.4, -0.2) is 11.7 Å². The van der Waals surface area contributed by atoms with Crippen LogP contribution in [0.1, 0.15) is 28.3 Å². The number of allylic oxidation sites excluding steroid dienone is 1. The normalized spacial score (nSPS) is 15.1. The number of nitrogens with two attached hydrogens (primary N) is 1. The van der Waals surface area contributed by atoms with Crippen LogP contribution in [0.2, 0.25) is 0 Å². The van der Waals surface area contributed by atoms with E-state index in [1.54, 1.807) is 42.9 Å². The van der Waals surface area contributed by atoms with E-state index in [2.05, 4.69) is 0 Å². The Morgan fingerprint density at radius 2 is 1.94 bits per heavy atom. The number of nitrogens with zero attached hydrogens (tertiary/aromatic N) is 2. The number of halogens is 1. The Kier molecular flexibility index (Phi) is 5.22. The second-order valence-corrected chi connectivity index (χ2v) is 7.21. The third-order valence-electron chi connectivity index (χ3n) is 5.43.